The van der Waals surface area contributed by atoms with Crippen LogP contribution in [0.5, 0.6) is 0 Å². The minimum Gasteiger partial charge on any atom is -0.219 e. The molecule has 5 nitrogen and oxygen atoms in total. The van der Waals surface area contributed by atoms with E-state index < -0.39 is 19.9 Å². The van der Waals surface area contributed by atoms with Crippen LogP contribution in [0.3, 0.4) is 0 Å². The van der Waals surface area contributed by atoms with Crippen LogP contribution in [0, 0.1) is 11.8 Å². The smallest absolute Gasteiger partial charge is 0.219 e. The number of benzene rings is 2. The number of rotatable bonds is 4. The van der Waals surface area contributed by atoms with Crippen LogP contribution < -0.4 is 0 Å². The standard InChI is InChI=1S/C19H21Cl2NO4S2/c1-13-8-14(2)12-22(11-13)28(25,26)17-5-3-4-15(9-17)27(23,24)16-6-7-18(20)19(21)10-16/h3-7,9-10,13-14H,8,11-12H2,1-2H3/t13-,14-/m1/s1. The van der Waals surface area contributed by atoms with Crippen molar-refractivity contribution in [1.82, 2.24) is 4.31 Å². The third kappa shape index (κ3) is 4.24. The summed E-state index contributed by atoms with van der Waals surface area (Å²) >= 11 is 11.8. The average Bonchev–Trinajstić information content (AvgIpc) is 2.63. The predicted molar refractivity (Wildman–Crippen MR) is 110 cm³/mol. The molecule has 2 aromatic carbocycles. The Labute approximate surface area is 176 Å². The fraction of sp³-hybridized carbons (Fsp3) is 0.368. The number of halogens is 2. The molecule has 1 heterocycles. The van der Waals surface area contributed by atoms with Crippen molar-refractivity contribution in [3.05, 3.63) is 52.5 Å². The largest absolute Gasteiger partial charge is 0.243 e. The normalized spacial score (nSPS) is 21.6. The zero-order valence-electron chi connectivity index (χ0n) is 15.5. The zero-order valence-corrected chi connectivity index (χ0v) is 18.6. The summed E-state index contributed by atoms with van der Waals surface area (Å²) in [4.78, 5) is -0.184. The summed E-state index contributed by atoms with van der Waals surface area (Å²) in [7, 11) is -7.73. The molecule has 0 N–H and O–H groups in total. The maximum atomic E-state index is 13.1. The van der Waals surface area contributed by atoms with Crippen molar-refractivity contribution < 1.29 is 16.8 Å². The first-order chi connectivity index (χ1) is 13.0. The second-order valence-electron chi connectivity index (χ2n) is 7.32. The third-order valence-electron chi connectivity index (χ3n) is 4.79. The van der Waals surface area contributed by atoms with Gasteiger partial charge in [0.05, 0.1) is 24.7 Å². The summed E-state index contributed by atoms with van der Waals surface area (Å²) in [5.74, 6) is 0.503. The Morgan fingerprint density at radius 3 is 2.00 bits per heavy atom. The summed E-state index contributed by atoms with van der Waals surface area (Å²) in [5, 5.41) is 0.355. The van der Waals surface area contributed by atoms with Gasteiger partial charge in [0.25, 0.3) is 0 Å². The molecule has 28 heavy (non-hydrogen) atoms. The Hall–Kier alpha value is -1.12. The van der Waals surface area contributed by atoms with Gasteiger partial charge in [-0.25, -0.2) is 16.8 Å². The van der Waals surface area contributed by atoms with Crippen molar-refractivity contribution in [2.24, 2.45) is 11.8 Å². The summed E-state index contributed by atoms with van der Waals surface area (Å²) in [6.45, 7) is 4.89. The lowest BCUT2D eigenvalue weighted by molar-refractivity contribution is 0.222. The lowest BCUT2D eigenvalue weighted by Crippen LogP contribution is -2.42. The fourth-order valence-corrected chi connectivity index (χ4v) is 7.03. The average molecular weight is 462 g/mol. The summed E-state index contributed by atoms with van der Waals surface area (Å²) < 4.78 is 53.5. The van der Waals surface area contributed by atoms with Crippen molar-refractivity contribution in [3.8, 4) is 0 Å². The molecule has 2 atom stereocenters. The van der Waals surface area contributed by atoms with Crippen molar-refractivity contribution in [2.75, 3.05) is 13.1 Å². The predicted octanol–water partition coefficient (Wildman–Crippen LogP) is 4.49. The van der Waals surface area contributed by atoms with E-state index in [4.69, 9.17) is 23.2 Å². The van der Waals surface area contributed by atoms with Crippen molar-refractivity contribution >= 4 is 43.1 Å². The van der Waals surface area contributed by atoms with E-state index in [-0.39, 0.29) is 36.6 Å². The molecular weight excluding hydrogens is 441 g/mol. The lowest BCUT2D eigenvalue weighted by Gasteiger charge is -2.34. The molecule has 0 unspecified atom stereocenters. The van der Waals surface area contributed by atoms with E-state index >= 15 is 0 Å². The van der Waals surface area contributed by atoms with Crippen LogP contribution in [0.2, 0.25) is 10.0 Å². The first-order valence-electron chi connectivity index (χ1n) is 8.82. The molecule has 0 saturated carbocycles. The quantitative estimate of drug-likeness (QED) is 0.671. The number of hydrogen-bond acceptors (Lipinski definition) is 4. The molecule has 0 aromatic heterocycles. The molecule has 1 aliphatic rings. The van der Waals surface area contributed by atoms with Gasteiger partial charge in [-0.15, -0.1) is 0 Å². The van der Waals surface area contributed by atoms with Gasteiger partial charge in [-0.1, -0.05) is 43.1 Å². The molecular formula is C19H21Cl2NO4S2. The van der Waals surface area contributed by atoms with Gasteiger partial charge in [0.1, 0.15) is 0 Å². The van der Waals surface area contributed by atoms with Crippen LogP contribution in [0.4, 0.5) is 0 Å². The first-order valence-corrected chi connectivity index (χ1v) is 12.5. The fourth-order valence-electron chi connectivity index (χ4n) is 3.53. The van der Waals surface area contributed by atoms with E-state index in [1.165, 1.54) is 46.8 Å². The molecule has 0 aliphatic carbocycles. The van der Waals surface area contributed by atoms with Crippen LogP contribution in [-0.4, -0.2) is 34.2 Å². The number of piperidine rings is 1. The van der Waals surface area contributed by atoms with Crippen LogP contribution in [-0.2, 0) is 19.9 Å². The second-order valence-corrected chi connectivity index (χ2v) is 12.0. The SMILES string of the molecule is C[C@@H]1C[C@@H](C)CN(S(=O)(=O)c2cccc(S(=O)(=O)c3ccc(Cl)c(Cl)c3)c2)C1. The zero-order chi connectivity index (χ0) is 20.7. The van der Waals surface area contributed by atoms with Crippen LogP contribution in [0.1, 0.15) is 20.3 Å². The molecule has 1 fully saturated rings. The number of sulfone groups is 1. The van der Waals surface area contributed by atoms with Crippen LogP contribution >= 0.6 is 23.2 Å². The molecule has 0 spiro atoms. The Bertz CT molecular complexity index is 1090. The highest BCUT2D eigenvalue weighted by molar-refractivity contribution is 7.91. The maximum Gasteiger partial charge on any atom is 0.243 e. The molecule has 9 heteroatoms. The van der Waals surface area contributed by atoms with Gasteiger partial charge in [0.2, 0.25) is 19.9 Å². The van der Waals surface area contributed by atoms with E-state index in [1.807, 2.05) is 13.8 Å². The van der Waals surface area contributed by atoms with Crippen LogP contribution in [0.15, 0.2) is 57.2 Å². The van der Waals surface area contributed by atoms with E-state index in [0.717, 1.165) is 6.42 Å². The van der Waals surface area contributed by atoms with E-state index in [2.05, 4.69) is 0 Å². The van der Waals surface area contributed by atoms with E-state index in [9.17, 15) is 16.8 Å². The minimum absolute atomic E-state index is 0.0325. The Morgan fingerprint density at radius 1 is 0.821 bits per heavy atom. The molecule has 152 valence electrons. The van der Waals surface area contributed by atoms with E-state index in [1.54, 1.807) is 0 Å². The molecule has 0 radical (unpaired) electrons. The lowest BCUT2D eigenvalue weighted by atomic mass is 9.94. The van der Waals surface area contributed by atoms with Gasteiger partial charge in [0.15, 0.2) is 0 Å². The first kappa shape index (κ1) is 21.6. The monoisotopic (exact) mass is 461 g/mol. The van der Waals surface area contributed by atoms with Gasteiger partial charge in [-0.05, 0) is 54.7 Å². The Kier molecular flexibility index (Phi) is 6.13. The number of nitrogens with zero attached hydrogens (tertiary/aromatic N) is 1. The second kappa shape index (κ2) is 7.95. The highest BCUT2D eigenvalue weighted by atomic mass is 35.5. The molecule has 3 rings (SSSR count). The van der Waals surface area contributed by atoms with E-state index in [0.29, 0.717) is 13.1 Å². The number of hydrogen-bond donors (Lipinski definition) is 0. The number of sulfonamides is 1. The molecule has 2 aromatic rings. The van der Waals surface area contributed by atoms with Gasteiger partial charge in [-0.3, -0.25) is 0 Å². The molecule has 0 amide bonds. The molecule has 0 bridgehead atoms. The minimum atomic E-state index is -3.94. The molecule has 1 aliphatic heterocycles. The highest BCUT2D eigenvalue weighted by Crippen LogP contribution is 2.31. The Balaban J connectivity index is 2.01. The maximum absolute atomic E-state index is 13.1. The van der Waals surface area contributed by atoms with Crippen molar-refractivity contribution in [1.29, 1.82) is 0 Å². The highest BCUT2D eigenvalue weighted by Gasteiger charge is 2.32. The topological polar surface area (TPSA) is 71.5 Å². The summed E-state index contributed by atoms with van der Waals surface area (Å²) in [6, 6.07) is 9.44. The summed E-state index contributed by atoms with van der Waals surface area (Å²) in [5.41, 5.74) is 0. The Morgan fingerprint density at radius 2 is 1.39 bits per heavy atom. The van der Waals surface area contributed by atoms with Crippen molar-refractivity contribution in [2.45, 2.75) is 35.0 Å². The van der Waals surface area contributed by atoms with Gasteiger partial charge in [-0.2, -0.15) is 4.31 Å². The van der Waals surface area contributed by atoms with Gasteiger partial charge < -0.3 is 0 Å². The third-order valence-corrected chi connectivity index (χ3v) is 9.11. The van der Waals surface area contributed by atoms with Gasteiger partial charge >= 0.3 is 0 Å². The summed E-state index contributed by atoms with van der Waals surface area (Å²) in [6.07, 6.45) is 0.970. The van der Waals surface area contributed by atoms with Crippen LogP contribution in [0.25, 0.3) is 0 Å². The van der Waals surface area contributed by atoms with Gasteiger partial charge in [0, 0.05) is 13.1 Å². The van der Waals surface area contributed by atoms with Crippen molar-refractivity contribution in [3.63, 3.8) is 0 Å². The molecule has 1 saturated heterocycles.